The Morgan fingerprint density at radius 2 is 2.02 bits per heavy atom. The third kappa shape index (κ3) is 5.52. The van der Waals surface area contributed by atoms with Crippen molar-refractivity contribution in [3.8, 4) is 5.75 Å². The summed E-state index contributed by atoms with van der Waals surface area (Å²) in [6, 6.07) is 6.04. The molecule has 1 saturated carbocycles. The SMILES string of the molecule is COC(=O)C1(NP(=O)(OCC2OC(n3cnc4c(N(C)N)nc(N)nc43)[C@](C)(O)[C@@H]2O)Oc2ccc(Cl)cc2)CCC1. The summed E-state index contributed by atoms with van der Waals surface area (Å²) >= 11 is 5.97. The lowest BCUT2D eigenvalue weighted by Crippen LogP contribution is -2.57. The maximum Gasteiger partial charge on any atom is 0.459 e. The Hall–Kier alpha value is -3.08. The third-order valence-electron chi connectivity index (χ3n) is 7.34. The number of hydrogen-bond donors (Lipinski definition) is 5. The highest BCUT2D eigenvalue weighted by molar-refractivity contribution is 7.52. The first-order valence-electron chi connectivity index (χ1n) is 12.9. The summed E-state index contributed by atoms with van der Waals surface area (Å²) in [7, 11) is -1.54. The number of nitrogen functional groups attached to an aromatic ring is 1. The van der Waals surface area contributed by atoms with Gasteiger partial charge >= 0.3 is 13.7 Å². The largest absolute Gasteiger partial charge is 0.468 e. The molecule has 1 aromatic carbocycles. The fourth-order valence-corrected chi connectivity index (χ4v) is 6.82. The highest BCUT2D eigenvalue weighted by atomic mass is 35.5. The molecule has 2 fully saturated rings. The van der Waals surface area contributed by atoms with Crippen molar-refractivity contribution in [1.29, 1.82) is 0 Å². The number of aliphatic hydroxyl groups excluding tert-OH is 1. The minimum atomic E-state index is -4.32. The van der Waals surface area contributed by atoms with Crippen molar-refractivity contribution >= 4 is 48.2 Å². The average molecular weight is 627 g/mol. The summed E-state index contributed by atoms with van der Waals surface area (Å²) in [5, 5.41) is 26.8. The summed E-state index contributed by atoms with van der Waals surface area (Å²) in [4.78, 5) is 25.2. The van der Waals surface area contributed by atoms with Crippen molar-refractivity contribution in [3.05, 3.63) is 35.6 Å². The Labute approximate surface area is 245 Å². The Bertz CT molecular complexity index is 1520. The van der Waals surface area contributed by atoms with E-state index in [2.05, 4.69) is 20.0 Å². The molecule has 228 valence electrons. The van der Waals surface area contributed by atoms with Gasteiger partial charge in [0.15, 0.2) is 23.2 Å². The van der Waals surface area contributed by atoms with E-state index < -0.39 is 49.9 Å². The quantitative estimate of drug-likeness (QED) is 0.0925. The molecule has 5 rings (SSSR count). The summed E-state index contributed by atoms with van der Waals surface area (Å²) < 4.78 is 37.9. The number of halogens is 1. The van der Waals surface area contributed by atoms with E-state index in [1.807, 2.05) is 0 Å². The van der Waals surface area contributed by atoms with Crippen LogP contribution >= 0.6 is 19.3 Å². The third-order valence-corrected chi connectivity index (χ3v) is 9.24. The molecule has 3 unspecified atom stereocenters. The Balaban J connectivity index is 1.41. The van der Waals surface area contributed by atoms with Crippen molar-refractivity contribution < 1.29 is 38.1 Å². The van der Waals surface area contributed by atoms with Crippen LogP contribution in [0.4, 0.5) is 11.8 Å². The Kier molecular flexibility index (Phi) is 8.10. The van der Waals surface area contributed by atoms with Gasteiger partial charge in [-0.15, -0.1) is 0 Å². The Morgan fingerprint density at radius 3 is 2.62 bits per heavy atom. The van der Waals surface area contributed by atoms with Gasteiger partial charge in [-0.2, -0.15) is 15.1 Å². The monoisotopic (exact) mass is 626 g/mol. The maximum absolute atomic E-state index is 14.1. The van der Waals surface area contributed by atoms with Gasteiger partial charge in [-0.1, -0.05) is 11.6 Å². The lowest BCUT2D eigenvalue weighted by molar-refractivity contribution is -0.151. The van der Waals surface area contributed by atoms with Crippen LogP contribution in [-0.4, -0.2) is 79.8 Å². The van der Waals surface area contributed by atoms with Gasteiger partial charge in [0.05, 0.1) is 20.0 Å². The number of aliphatic hydroxyl groups is 2. The molecule has 0 spiro atoms. The minimum Gasteiger partial charge on any atom is -0.468 e. The fraction of sp³-hybridized carbons (Fsp3) is 0.500. The number of fused-ring (bicyclic) bond motifs is 1. The second-order valence-corrected chi connectivity index (χ2v) is 12.5. The van der Waals surface area contributed by atoms with E-state index in [-0.39, 0.29) is 28.7 Å². The molecular formula is C24H32ClN8O8P. The second kappa shape index (κ2) is 11.2. The molecule has 2 aliphatic rings. The van der Waals surface area contributed by atoms with Crippen molar-refractivity contribution in [1.82, 2.24) is 24.6 Å². The van der Waals surface area contributed by atoms with Crippen molar-refractivity contribution in [3.63, 3.8) is 0 Å². The van der Waals surface area contributed by atoms with Crippen LogP contribution in [0.2, 0.25) is 5.02 Å². The van der Waals surface area contributed by atoms with E-state index in [9.17, 15) is 19.6 Å². The van der Waals surface area contributed by atoms with E-state index >= 15 is 0 Å². The zero-order valence-electron chi connectivity index (χ0n) is 23.0. The topological polar surface area (TPSA) is 222 Å². The van der Waals surface area contributed by atoms with E-state index in [1.165, 1.54) is 54.2 Å². The average Bonchev–Trinajstić information content (AvgIpc) is 3.43. The molecule has 1 saturated heterocycles. The van der Waals surface area contributed by atoms with Crippen LogP contribution in [0.1, 0.15) is 32.4 Å². The zero-order chi connectivity index (χ0) is 30.4. The zero-order valence-corrected chi connectivity index (χ0v) is 24.7. The number of ether oxygens (including phenoxy) is 2. The van der Waals surface area contributed by atoms with Crippen LogP contribution in [0.15, 0.2) is 30.6 Å². The summed E-state index contributed by atoms with van der Waals surface area (Å²) in [6.45, 7) is 0.848. The molecule has 3 heterocycles. The van der Waals surface area contributed by atoms with E-state index in [0.29, 0.717) is 24.3 Å². The molecule has 42 heavy (non-hydrogen) atoms. The molecule has 16 nitrogen and oxygen atoms in total. The highest BCUT2D eigenvalue weighted by Crippen LogP contribution is 2.51. The number of carbonyl (C=O) groups excluding carboxylic acids is 1. The van der Waals surface area contributed by atoms with Gasteiger partial charge in [-0.3, -0.25) is 18.9 Å². The number of methoxy groups -OCH3 is 1. The number of nitrogens with one attached hydrogen (secondary N) is 1. The predicted octanol–water partition coefficient (Wildman–Crippen LogP) is 1.27. The van der Waals surface area contributed by atoms with E-state index in [4.69, 9.17) is 41.7 Å². The molecule has 1 aliphatic carbocycles. The lowest BCUT2D eigenvalue weighted by atomic mass is 9.78. The molecule has 0 radical (unpaired) electrons. The predicted molar refractivity (Wildman–Crippen MR) is 150 cm³/mol. The van der Waals surface area contributed by atoms with Crippen molar-refractivity contribution in [2.24, 2.45) is 5.84 Å². The Morgan fingerprint density at radius 1 is 1.33 bits per heavy atom. The normalized spacial score (nSPS) is 26.4. The van der Waals surface area contributed by atoms with Crippen molar-refractivity contribution in [2.75, 3.05) is 31.5 Å². The number of imidazole rings is 1. The van der Waals surface area contributed by atoms with Crippen LogP contribution in [-0.2, 0) is 23.4 Å². The number of aromatic nitrogens is 4. The number of hydrazine groups is 1. The first-order valence-corrected chi connectivity index (χ1v) is 14.8. The summed E-state index contributed by atoms with van der Waals surface area (Å²) in [6.07, 6.45) is -1.26. The standard InChI is InChI=1S/C24H32ClN8O8P/c1-23(36)17(34)15(40-20(23)33-12-28-16-18(32(2)27)29-22(26)30-19(16)33)11-39-42(37,41-14-7-5-13(25)6-8-14)31-24(9-4-10-24)21(35)38-3/h5-8,12,15,17,20,34,36H,4,9-11,27H2,1-3H3,(H,31,37)(H2,26,29,30)/t15?,17-,20?,23-,42?/m1/s1. The molecule has 7 N–H and O–H groups in total. The molecule has 5 atom stereocenters. The smallest absolute Gasteiger partial charge is 0.459 e. The number of carbonyl (C=O) groups is 1. The number of benzene rings is 1. The second-order valence-electron chi connectivity index (χ2n) is 10.4. The van der Waals surface area contributed by atoms with Gasteiger partial charge in [0.2, 0.25) is 5.95 Å². The van der Waals surface area contributed by atoms with E-state index in [0.717, 1.165) is 0 Å². The fourth-order valence-electron chi connectivity index (χ4n) is 4.95. The van der Waals surface area contributed by atoms with Gasteiger partial charge < -0.3 is 29.9 Å². The van der Waals surface area contributed by atoms with Crippen LogP contribution in [0.5, 0.6) is 5.75 Å². The highest BCUT2D eigenvalue weighted by Gasteiger charge is 2.55. The molecular weight excluding hydrogens is 595 g/mol. The number of nitrogens with two attached hydrogens (primary N) is 2. The van der Waals surface area contributed by atoms with Crippen LogP contribution in [0.25, 0.3) is 11.2 Å². The van der Waals surface area contributed by atoms with Crippen molar-refractivity contribution in [2.45, 2.75) is 55.8 Å². The summed E-state index contributed by atoms with van der Waals surface area (Å²) in [5.41, 5.74) is 3.15. The molecule has 0 bridgehead atoms. The van der Waals surface area contributed by atoms with Crippen LogP contribution in [0.3, 0.4) is 0 Å². The van der Waals surface area contributed by atoms with Gasteiger partial charge in [-0.25, -0.2) is 15.4 Å². The van der Waals surface area contributed by atoms with Gasteiger partial charge in [0.1, 0.15) is 29.1 Å². The van der Waals surface area contributed by atoms with Crippen LogP contribution < -0.4 is 26.2 Å². The van der Waals surface area contributed by atoms with Gasteiger partial charge in [-0.05, 0) is 50.5 Å². The number of nitrogens with zero attached hydrogens (tertiary/aromatic N) is 5. The molecule has 1 aliphatic heterocycles. The lowest BCUT2D eigenvalue weighted by Gasteiger charge is -2.41. The first-order chi connectivity index (χ1) is 19.8. The number of esters is 1. The van der Waals surface area contributed by atoms with E-state index in [1.54, 1.807) is 7.05 Å². The van der Waals surface area contributed by atoms with Gasteiger partial charge in [0, 0.05) is 12.1 Å². The molecule has 2 aromatic heterocycles. The molecule has 3 aromatic rings. The number of rotatable bonds is 10. The minimum absolute atomic E-state index is 0.100. The molecule has 18 heteroatoms. The number of hydrogen-bond acceptors (Lipinski definition) is 14. The maximum atomic E-state index is 14.1. The van der Waals surface area contributed by atoms with Gasteiger partial charge in [0.25, 0.3) is 0 Å². The number of anilines is 2. The molecule has 0 amide bonds. The summed E-state index contributed by atoms with van der Waals surface area (Å²) in [5.74, 6) is 5.52. The first kappa shape index (κ1) is 30.4. The van der Waals surface area contributed by atoms with Crippen LogP contribution in [0, 0.1) is 0 Å².